The van der Waals surface area contributed by atoms with Gasteiger partial charge in [-0.1, -0.05) is 12.1 Å². The normalized spacial score (nSPS) is 12.0. The van der Waals surface area contributed by atoms with E-state index in [1.165, 1.54) is 12.4 Å². The van der Waals surface area contributed by atoms with Crippen molar-refractivity contribution in [1.29, 1.82) is 0 Å². The van der Waals surface area contributed by atoms with E-state index in [1.807, 2.05) is 0 Å². The number of quaternary nitrogens is 1. The Morgan fingerprint density at radius 3 is 2.33 bits per heavy atom. The van der Waals surface area contributed by atoms with Gasteiger partial charge >= 0.3 is 12.2 Å². The number of benzene rings is 1. The summed E-state index contributed by atoms with van der Waals surface area (Å²) in [5.74, 6) is -0.703. The number of hydrogen-bond acceptors (Lipinski definition) is 4. The lowest BCUT2D eigenvalue weighted by Gasteiger charge is -2.17. The Hall–Kier alpha value is -2.82. The van der Waals surface area contributed by atoms with Gasteiger partial charge in [-0.3, -0.25) is 14.9 Å². The maximum Gasteiger partial charge on any atom is 0.405 e. The molecule has 0 heterocycles. The van der Waals surface area contributed by atoms with Crippen molar-refractivity contribution in [2.24, 2.45) is 0 Å². The Morgan fingerprint density at radius 1 is 1.11 bits per heavy atom. The third kappa shape index (κ3) is 8.90. The minimum Gasteiger partial charge on any atom is -0.495 e. The summed E-state index contributed by atoms with van der Waals surface area (Å²) in [6.07, 6.45) is -4.57. The number of ether oxygens (including phenoxy) is 1. The maximum absolute atomic E-state index is 12.1. The van der Waals surface area contributed by atoms with Gasteiger partial charge in [0.25, 0.3) is 11.8 Å². The van der Waals surface area contributed by atoms with Gasteiger partial charge in [-0.2, -0.15) is 13.2 Å². The van der Waals surface area contributed by atoms with Crippen LogP contribution in [0.1, 0.15) is 6.92 Å². The van der Waals surface area contributed by atoms with Crippen molar-refractivity contribution in [3.63, 3.8) is 0 Å². The summed E-state index contributed by atoms with van der Waals surface area (Å²) < 4.78 is 41.2. The molecule has 0 saturated carbocycles. The lowest BCUT2D eigenvalue weighted by Crippen LogP contribution is -3.14. The van der Waals surface area contributed by atoms with Crippen LogP contribution >= 0.6 is 0 Å². The van der Waals surface area contributed by atoms with E-state index in [0.29, 0.717) is 22.9 Å². The first kappa shape index (κ1) is 22.2. The summed E-state index contributed by atoms with van der Waals surface area (Å²) >= 11 is 0. The van der Waals surface area contributed by atoms with Gasteiger partial charge in [0.2, 0.25) is 0 Å². The van der Waals surface area contributed by atoms with Gasteiger partial charge in [-0.15, -0.1) is 0 Å². The molecule has 1 unspecified atom stereocenters. The number of hydrogen-bond donors (Lipinski definition) is 4. The number of alkyl halides is 3. The quantitative estimate of drug-likeness (QED) is 0.498. The molecule has 0 aliphatic rings. The van der Waals surface area contributed by atoms with Crippen molar-refractivity contribution in [2.45, 2.75) is 13.1 Å². The van der Waals surface area contributed by atoms with Crippen LogP contribution in [0.5, 0.6) is 5.75 Å². The number of halogens is 3. The number of carbonyl (C=O) groups excluding carboxylic acids is 3. The van der Waals surface area contributed by atoms with Crippen LogP contribution in [0.25, 0.3) is 0 Å². The molecular weight excluding hydrogens is 369 g/mol. The van der Waals surface area contributed by atoms with E-state index in [-0.39, 0.29) is 19.0 Å². The molecule has 8 nitrogen and oxygen atoms in total. The van der Waals surface area contributed by atoms with Gasteiger partial charge in [-0.25, -0.2) is 4.79 Å². The van der Waals surface area contributed by atoms with Gasteiger partial charge in [0.15, 0.2) is 13.1 Å². The fraction of sp³-hybridized carbons (Fsp3) is 0.438. The minimum atomic E-state index is -4.57. The summed E-state index contributed by atoms with van der Waals surface area (Å²) in [4.78, 5) is 35.7. The molecule has 0 aliphatic carbocycles. The predicted octanol–water partition coefficient (Wildman–Crippen LogP) is -0.0734. The zero-order valence-corrected chi connectivity index (χ0v) is 14.9. The van der Waals surface area contributed by atoms with E-state index in [1.54, 1.807) is 36.5 Å². The Morgan fingerprint density at radius 2 is 1.74 bits per heavy atom. The average molecular weight is 391 g/mol. The number of methoxy groups -OCH3 is 1. The third-order valence-electron chi connectivity index (χ3n) is 3.40. The Labute approximate surface area is 154 Å². The van der Waals surface area contributed by atoms with E-state index >= 15 is 0 Å². The van der Waals surface area contributed by atoms with Gasteiger partial charge in [-0.05, 0) is 19.1 Å². The summed E-state index contributed by atoms with van der Waals surface area (Å²) in [6.45, 7) is 0.235. The first-order valence-electron chi connectivity index (χ1n) is 8.05. The number of urea groups is 1. The Kier molecular flexibility index (Phi) is 8.52. The molecule has 0 saturated heterocycles. The summed E-state index contributed by atoms with van der Waals surface area (Å²) in [5.41, 5.74) is 0.469. The molecule has 1 aromatic rings. The van der Waals surface area contributed by atoms with E-state index in [0.717, 1.165) is 0 Å². The fourth-order valence-electron chi connectivity index (χ4n) is 2.10. The molecule has 1 rings (SSSR count). The van der Waals surface area contributed by atoms with E-state index < -0.39 is 24.7 Å². The predicted molar refractivity (Wildman–Crippen MR) is 90.5 cm³/mol. The molecule has 11 heteroatoms. The van der Waals surface area contributed by atoms with Crippen LogP contribution in [0.3, 0.4) is 0 Å². The Bertz CT molecular complexity index is 667. The largest absolute Gasteiger partial charge is 0.495 e. The SMILES string of the molecule is CC[NH+](CC(=O)NC(=O)NCC(F)(F)F)CC(=O)Nc1ccccc1OC. The highest BCUT2D eigenvalue weighted by Crippen LogP contribution is 2.22. The average Bonchev–Trinajstić information content (AvgIpc) is 2.59. The maximum atomic E-state index is 12.1. The minimum absolute atomic E-state index is 0.0772. The standard InChI is InChI=1S/C16H21F3N4O4/c1-3-23(9-14(25)22-15(26)20-10-16(17,18)19)8-13(24)21-11-6-4-5-7-12(11)27-2/h4-7H,3,8-10H2,1-2H3,(H,21,24)(H2,20,22,25,26)/p+1. The van der Waals surface area contributed by atoms with Gasteiger partial charge in [0.05, 0.1) is 19.3 Å². The number of carbonyl (C=O) groups is 3. The number of anilines is 1. The molecule has 1 atom stereocenters. The molecule has 1 aromatic carbocycles. The van der Waals surface area contributed by atoms with Crippen LogP contribution in [0.4, 0.5) is 23.7 Å². The molecule has 4 N–H and O–H groups in total. The number of likely N-dealkylation sites (N-methyl/N-ethyl adjacent to an activating group) is 1. The monoisotopic (exact) mass is 391 g/mol. The zero-order valence-electron chi connectivity index (χ0n) is 14.9. The first-order chi connectivity index (χ1) is 12.6. The molecule has 0 bridgehead atoms. The van der Waals surface area contributed by atoms with Crippen LogP contribution in [0.15, 0.2) is 24.3 Å². The van der Waals surface area contributed by atoms with Gasteiger partial charge < -0.3 is 20.3 Å². The summed E-state index contributed by atoms with van der Waals surface area (Å²) in [7, 11) is 1.46. The number of para-hydroxylation sites is 2. The van der Waals surface area contributed by atoms with E-state index in [9.17, 15) is 27.6 Å². The second-order valence-electron chi connectivity index (χ2n) is 5.55. The van der Waals surface area contributed by atoms with Crippen molar-refractivity contribution in [1.82, 2.24) is 10.6 Å². The summed E-state index contributed by atoms with van der Waals surface area (Å²) in [6, 6.07) is 5.54. The van der Waals surface area contributed by atoms with Crippen molar-refractivity contribution < 1.29 is 37.2 Å². The molecule has 0 aliphatic heterocycles. The van der Waals surface area contributed by atoms with Crippen molar-refractivity contribution >= 4 is 23.5 Å². The molecule has 27 heavy (non-hydrogen) atoms. The number of imide groups is 1. The summed E-state index contributed by atoms with van der Waals surface area (Å²) in [5, 5.41) is 5.99. The van der Waals surface area contributed by atoms with Crippen LogP contribution in [-0.2, 0) is 9.59 Å². The topological polar surface area (TPSA) is 101 Å². The highest BCUT2D eigenvalue weighted by Gasteiger charge is 2.28. The van der Waals surface area contributed by atoms with Crippen molar-refractivity contribution in [2.75, 3.05) is 38.6 Å². The van der Waals surface area contributed by atoms with E-state index in [2.05, 4.69) is 5.32 Å². The molecule has 150 valence electrons. The van der Waals surface area contributed by atoms with Crippen LogP contribution in [0, 0.1) is 0 Å². The second-order valence-corrected chi connectivity index (χ2v) is 5.55. The van der Waals surface area contributed by atoms with Gasteiger partial charge in [0.1, 0.15) is 12.3 Å². The number of rotatable bonds is 8. The second kappa shape index (κ2) is 10.4. The Balaban J connectivity index is 2.49. The smallest absolute Gasteiger partial charge is 0.405 e. The highest BCUT2D eigenvalue weighted by atomic mass is 19.4. The van der Waals surface area contributed by atoms with Crippen LogP contribution < -0.4 is 25.6 Å². The highest BCUT2D eigenvalue weighted by molar-refractivity contribution is 5.95. The molecule has 0 aromatic heterocycles. The molecule has 4 amide bonds. The number of nitrogens with one attached hydrogen (secondary N) is 4. The first-order valence-corrected chi connectivity index (χ1v) is 8.05. The van der Waals surface area contributed by atoms with Gasteiger partial charge in [0, 0.05) is 0 Å². The van der Waals surface area contributed by atoms with Crippen LogP contribution in [-0.4, -0.2) is 57.3 Å². The van der Waals surface area contributed by atoms with E-state index in [4.69, 9.17) is 4.74 Å². The van der Waals surface area contributed by atoms with Crippen LogP contribution in [0.2, 0.25) is 0 Å². The third-order valence-corrected chi connectivity index (χ3v) is 3.40. The molecular formula is C16H22F3N4O4+. The van der Waals surface area contributed by atoms with Crippen molar-refractivity contribution in [3.05, 3.63) is 24.3 Å². The van der Waals surface area contributed by atoms with Crippen molar-refractivity contribution in [3.8, 4) is 5.75 Å². The zero-order chi connectivity index (χ0) is 20.4. The molecule has 0 fully saturated rings. The molecule has 0 radical (unpaired) electrons. The number of amides is 4. The lowest BCUT2D eigenvalue weighted by molar-refractivity contribution is -0.881. The fourth-order valence-corrected chi connectivity index (χ4v) is 2.10. The molecule has 0 spiro atoms. The lowest BCUT2D eigenvalue weighted by atomic mass is 10.3.